The summed E-state index contributed by atoms with van der Waals surface area (Å²) in [4.78, 5) is 22.2. The molecule has 0 saturated carbocycles. The third kappa shape index (κ3) is 2.96. The molecule has 0 saturated heterocycles. The summed E-state index contributed by atoms with van der Waals surface area (Å²) in [7, 11) is 1.31. The molecule has 0 aliphatic rings. The van der Waals surface area contributed by atoms with Crippen molar-refractivity contribution in [2.24, 2.45) is 0 Å². The van der Waals surface area contributed by atoms with Crippen molar-refractivity contribution in [3.05, 3.63) is 29.3 Å². The quantitative estimate of drug-likeness (QED) is 0.779. The van der Waals surface area contributed by atoms with Crippen molar-refractivity contribution in [1.29, 1.82) is 0 Å². The number of ether oxygens (including phenoxy) is 1. The molecular weight excluding hydrogens is 222 g/mol. The number of carbonyl (C=O) groups is 2. The molecule has 0 heterocycles. The van der Waals surface area contributed by atoms with Gasteiger partial charge in [0.05, 0.1) is 12.7 Å². The van der Waals surface area contributed by atoms with Crippen LogP contribution in [0, 0.1) is 6.92 Å². The molecule has 1 atom stereocenters. The van der Waals surface area contributed by atoms with Crippen LogP contribution in [0.4, 0.5) is 5.69 Å². The van der Waals surface area contributed by atoms with Crippen LogP contribution in [0.25, 0.3) is 0 Å². The summed E-state index contributed by atoms with van der Waals surface area (Å²) in [5.41, 5.74) is 1.42. The van der Waals surface area contributed by atoms with Gasteiger partial charge < -0.3 is 15.2 Å². The highest BCUT2D eigenvalue weighted by Crippen LogP contribution is 2.19. The molecule has 1 aromatic carbocycles. The number of carbonyl (C=O) groups excluding carboxylic acids is 1. The molecule has 0 fully saturated rings. The van der Waals surface area contributed by atoms with Gasteiger partial charge in [0.25, 0.3) is 0 Å². The van der Waals surface area contributed by atoms with Crippen LogP contribution >= 0.6 is 0 Å². The van der Waals surface area contributed by atoms with Crippen LogP contribution in [0.5, 0.6) is 0 Å². The SMILES string of the molecule is COC(=O)C(C)Nc1cccc(C(=O)O)c1C. The minimum atomic E-state index is -0.989. The lowest BCUT2D eigenvalue weighted by atomic mass is 10.1. The van der Waals surface area contributed by atoms with E-state index in [1.807, 2.05) is 0 Å². The number of hydrogen-bond acceptors (Lipinski definition) is 4. The number of hydrogen-bond donors (Lipinski definition) is 2. The number of rotatable bonds is 4. The van der Waals surface area contributed by atoms with E-state index in [2.05, 4.69) is 10.1 Å². The summed E-state index contributed by atoms with van der Waals surface area (Å²) in [6.45, 7) is 3.34. The lowest BCUT2D eigenvalue weighted by Crippen LogP contribution is -2.27. The van der Waals surface area contributed by atoms with Gasteiger partial charge in [-0.05, 0) is 31.5 Å². The molecule has 0 aliphatic carbocycles. The molecule has 1 rings (SSSR count). The molecule has 0 amide bonds. The molecule has 0 radical (unpaired) electrons. The van der Waals surface area contributed by atoms with Gasteiger partial charge in [0.2, 0.25) is 0 Å². The monoisotopic (exact) mass is 237 g/mol. The number of benzene rings is 1. The number of anilines is 1. The highest BCUT2D eigenvalue weighted by atomic mass is 16.5. The van der Waals surface area contributed by atoms with Gasteiger partial charge in [-0.3, -0.25) is 0 Å². The summed E-state index contributed by atoms with van der Waals surface area (Å²) < 4.78 is 4.58. The highest BCUT2D eigenvalue weighted by Gasteiger charge is 2.15. The number of esters is 1. The smallest absolute Gasteiger partial charge is 0.336 e. The lowest BCUT2D eigenvalue weighted by Gasteiger charge is -2.15. The fraction of sp³-hybridized carbons (Fsp3) is 0.333. The molecule has 5 nitrogen and oxygen atoms in total. The normalized spacial score (nSPS) is 11.7. The Labute approximate surface area is 99.4 Å². The second kappa shape index (κ2) is 5.34. The van der Waals surface area contributed by atoms with Crippen molar-refractivity contribution >= 4 is 17.6 Å². The van der Waals surface area contributed by atoms with Crippen LogP contribution < -0.4 is 5.32 Å². The van der Waals surface area contributed by atoms with Crippen LogP contribution in [-0.4, -0.2) is 30.2 Å². The van der Waals surface area contributed by atoms with Crippen LogP contribution in [-0.2, 0) is 9.53 Å². The maximum atomic E-state index is 11.2. The topological polar surface area (TPSA) is 75.6 Å². The van der Waals surface area contributed by atoms with E-state index in [0.717, 1.165) is 0 Å². The zero-order chi connectivity index (χ0) is 13.0. The van der Waals surface area contributed by atoms with E-state index in [9.17, 15) is 9.59 Å². The molecule has 1 aromatic rings. The van der Waals surface area contributed by atoms with Crippen molar-refractivity contribution in [1.82, 2.24) is 0 Å². The predicted molar refractivity (Wildman–Crippen MR) is 63.2 cm³/mol. The molecule has 17 heavy (non-hydrogen) atoms. The molecule has 0 bridgehead atoms. The van der Waals surface area contributed by atoms with Crippen LogP contribution in [0.2, 0.25) is 0 Å². The summed E-state index contributed by atoms with van der Waals surface area (Å²) in [5, 5.41) is 11.9. The third-order valence-corrected chi connectivity index (χ3v) is 2.49. The first-order chi connectivity index (χ1) is 7.97. The Morgan fingerprint density at radius 1 is 1.41 bits per heavy atom. The first-order valence-electron chi connectivity index (χ1n) is 5.14. The molecule has 0 spiro atoms. The number of carboxylic acid groups (broad SMARTS) is 1. The van der Waals surface area contributed by atoms with Gasteiger partial charge in [-0.15, -0.1) is 0 Å². The Morgan fingerprint density at radius 3 is 2.59 bits per heavy atom. The molecule has 2 N–H and O–H groups in total. The van der Waals surface area contributed by atoms with Crippen molar-refractivity contribution in [2.75, 3.05) is 12.4 Å². The Hall–Kier alpha value is -2.04. The van der Waals surface area contributed by atoms with Gasteiger partial charge in [0.15, 0.2) is 0 Å². The van der Waals surface area contributed by atoms with E-state index < -0.39 is 18.0 Å². The van der Waals surface area contributed by atoms with E-state index >= 15 is 0 Å². The van der Waals surface area contributed by atoms with E-state index in [1.165, 1.54) is 13.2 Å². The van der Waals surface area contributed by atoms with E-state index in [0.29, 0.717) is 11.3 Å². The Morgan fingerprint density at radius 2 is 2.06 bits per heavy atom. The zero-order valence-corrected chi connectivity index (χ0v) is 9.98. The second-order valence-electron chi connectivity index (χ2n) is 3.67. The third-order valence-electron chi connectivity index (χ3n) is 2.49. The molecule has 1 unspecified atom stereocenters. The van der Waals surface area contributed by atoms with Gasteiger partial charge in [-0.1, -0.05) is 6.07 Å². The van der Waals surface area contributed by atoms with Gasteiger partial charge in [0.1, 0.15) is 6.04 Å². The standard InChI is InChI=1S/C12H15NO4/c1-7-9(11(14)15)5-4-6-10(7)13-8(2)12(16)17-3/h4-6,8,13H,1-3H3,(H,14,15). The number of aromatic carboxylic acids is 1. The fourth-order valence-corrected chi connectivity index (χ4v) is 1.49. The maximum Gasteiger partial charge on any atom is 0.336 e. The zero-order valence-electron chi connectivity index (χ0n) is 9.98. The molecular formula is C12H15NO4. The first-order valence-corrected chi connectivity index (χ1v) is 5.14. The second-order valence-corrected chi connectivity index (χ2v) is 3.67. The molecule has 0 aliphatic heterocycles. The Balaban J connectivity index is 2.96. The highest BCUT2D eigenvalue weighted by molar-refractivity contribution is 5.91. The van der Waals surface area contributed by atoms with Gasteiger partial charge in [0, 0.05) is 5.69 Å². The fourth-order valence-electron chi connectivity index (χ4n) is 1.49. The largest absolute Gasteiger partial charge is 0.478 e. The van der Waals surface area contributed by atoms with E-state index in [1.54, 1.807) is 26.0 Å². The lowest BCUT2D eigenvalue weighted by molar-refractivity contribution is -0.141. The summed E-state index contributed by atoms with van der Waals surface area (Å²) >= 11 is 0. The molecule has 92 valence electrons. The average Bonchev–Trinajstić information content (AvgIpc) is 2.30. The minimum Gasteiger partial charge on any atom is -0.478 e. The van der Waals surface area contributed by atoms with E-state index in [-0.39, 0.29) is 5.56 Å². The predicted octanol–water partition coefficient (Wildman–Crippen LogP) is 1.67. The van der Waals surface area contributed by atoms with Crippen LogP contribution in [0.15, 0.2) is 18.2 Å². The van der Waals surface area contributed by atoms with Crippen molar-refractivity contribution < 1.29 is 19.4 Å². The molecule has 5 heteroatoms. The van der Waals surface area contributed by atoms with Crippen molar-refractivity contribution in [3.63, 3.8) is 0 Å². The first kappa shape index (κ1) is 13.0. The van der Waals surface area contributed by atoms with Gasteiger partial charge in [-0.25, -0.2) is 9.59 Å². The summed E-state index contributed by atoms with van der Waals surface area (Å²) in [6, 6.07) is 4.35. The van der Waals surface area contributed by atoms with Crippen LogP contribution in [0.3, 0.4) is 0 Å². The molecule has 0 aromatic heterocycles. The minimum absolute atomic E-state index is 0.215. The summed E-state index contributed by atoms with van der Waals surface area (Å²) in [5.74, 6) is -1.39. The maximum absolute atomic E-state index is 11.2. The van der Waals surface area contributed by atoms with Crippen LogP contribution in [0.1, 0.15) is 22.8 Å². The number of carboxylic acids is 1. The Kier molecular flexibility index (Phi) is 4.09. The number of nitrogens with one attached hydrogen (secondary N) is 1. The Bertz CT molecular complexity index is 442. The summed E-state index contributed by atoms with van der Waals surface area (Å²) in [6.07, 6.45) is 0. The number of methoxy groups -OCH3 is 1. The van der Waals surface area contributed by atoms with Crippen molar-refractivity contribution in [2.45, 2.75) is 19.9 Å². The van der Waals surface area contributed by atoms with Crippen molar-refractivity contribution in [3.8, 4) is 0 Å². The average molecular weight is 237 g/mol. The van der Waals surface area contributed by atoms with E-state index in [4.69, 9.17) is 5.11 Å². The van der Waals surface area contributed by atoms with Gasteiger partial charge in [-0.2, -0.15) is 0 Å². The van der Waals surface area contributed by atoms with Gasteiger partial charge >= 0.3 is 11.9 Å².